The molecule has 0 bridgehead atoms. The zero-order valence-electron chi connectivity index (χ0n) is 40.8. The second-order valence-electron chi connectivity index (χ2n) is 20.9. The predicted molar refractivity (Wildman–Crippen MR) is 294 cm³/mol. The van der Waals surface area contributed by atoms with Gasteiger partial charge in [0.25, 0.3) is 6.71 Å². The Morgan fingerprint density at radius 1 is 0.451 bits per heavy atom. The third-order valence-electron chi connectivity index (χ3n) is 15.2. The summed E-state index contributed by atoms with van der Waals surface area (Å²) in [6.45, 7) is 14.8. The van der Waals surface area contributed by atoms with Crippen LogP contribution in [0.4, 0.5) is 34.1 Å². The van der Waals surface area contributed by atoms with Gasteiger partial charge in [0, 0.05) is 62.5 Å². The SMILES string of the molecule is Cc1cc2c3c(c1)N(c1c(C)cc(C(C)(C)C)cc1C)c1cc4c(cc1B3c1cc(-c3ccc5c(c3)oc3ccccc35)ccc1N2c1ccc(-c2ccc3c(c2)oc2ccccc23)cc1)OCCCO4. The van der Waals surface area contributed by atoms with Crippen molar-refractivity contribution in [2.75, 3.05) is 23.0 Å². The summed E-state index contributed by atoms with van der Waals surface area (Å²) >= 11 is 0. The first-order valence-electron chi connectivity index (χ1n) is 24.9. The quantitative estimate of drug-likeness (QED) is 0.164. The molecule has 6 nitrogen and oxygen atoms in total. The van der Waals surface area contributed by atoms with Gasteiger partial charge in [-0.15, -0.1) is 0 Å². The molecule has 3 aliphatic heterocycles. The first kappa shape index (κ1) is 41.8. The molecule has 0 amide bonds. The highest BCUT2D eigenvalue weighted by Crippen LogP contribution is 2.49. The van der Waals surface area contributed by atoms with E-state index in [1.807, 2.05) is 24.3 Å². The molecular weight excluding hydrogens is 872 g/mol. The average Bonchev–Trinajstić information content (AvgIpc) is 3.84. The van der Waals surface area contributed by atoms with Gasteiger partial charge in [-0.1, -0.05) is 106 Å². The van der Waals surface area contributed by atoms with Gasteiger partial charge >= 0.3 is 0 Å². The van der Waals surface area contributed by atoms with Gasteiger partial charge in [-0.05, 0) is 160 Å². The third-order valence-corrected chi connectivity index (χ3v) is 15.2. The molecule has 0 N–H and O–H groups in total. The lowest BCUT2D eigenvalue weighted by Gasteiger charge is -2.45. The van der Waals surface area contributed by atoms with Crippen molar-refractivity contribution in [1.82, 2.24) is 0 Å². The van der Waals surface area contributed by atoms with E-state index in [0.717, 1.165) is 107 Å². The lowest BCUT2D eigenvalue weighted by atomic mass is 9.33. The maximum atomic E-state index is 6.56. The minimum absolute atomic E-state index is 0.00344. The maximum absolute atomic E-state index is 6.56. The Bertz CT molecular complexity index is 4000. The molecule has 0 radical (unpaired) electrons. The van der Waals surface area contributed by atoms with Crippen molar-refractivity contribution in [2.45, 2.75) is 53.4 Å². The Morgan fingerprint density at radius 3 is 1.61 bits per heavy atom. The number of ether oxygens (including phenoxy) is 2. The van der Waals surface area contributed by atoms with Crippen LogP contribution in [-0.2, 0) is 5.41 Å². The summed E-state index contributed by atoms with van der Waals surface area (Å²) in [5.74, 6) is 1.58. The largest absolute Gasteiger partial charge is 0.490 e. The Kier molecular flexibility index (Phi) is 9.08. The van der Waals surface area contributed by atoms with E-state index in [4.69, 9.17) is 18.3 Å². The summed E-state index contributed by atoms with van der Waals surface area (Å²) in [5.41, 5.74) is 23.5. The minimum atomic E-state index is -0.130. The monoisotopic (exact) mass is 922 g/mol. The number of para-hydroxylation sites is 2. The van der Waals surface area contributed by atoms with Gasteiger partial charge in [0.05, 0.1) is 18.9 Å². The molecule has 71 heavy (non-hydrogen) atoms. The fraction of sp³-hybridized carbons (Fsp3) is 0.156. The molecule has 2 aromatic heterocycles. The first-order valence-corrected chi connectivity index (χ1v) is 24.9. The molecule has 0 saturated carbocycles. The summed E-state index contributed by atoms with van der Waals surface area (Å²) in [7, 11) is 0. The van der Waals surface area contributed by atoms with Gasteiger partial charge in [-0.25, -0.2) is 0 Å². The molecule has 0 aliphatic carbocycles. The van der Waals surface area contributed by atoms with Gasteiger partial charge in [-0.2, -0.15) is 0 Å². The summed E-state index contributed by atoms with van der Waals surface area (Å²) in [6.07, 6.45) is 0.826. The molecule has 11 aromatic rings. The van der Waals surface area contributed by atoms with Crippen LogP contribution in [-0.4, -0.2) is 19.9 Å². The Morgan fingerprint density at radius 2 is 0.972 bits per heavy atom. The van der Waals surface area contributed by atoms with Crippen molar-refractivity contribution in [3.63, 3.8) is 0 Å². The molecular formula is C64H51BN2O4. The standard InChI is InChI=1S/C64H51BN2O4/c1-37-28-54-62-55(29-37)67(63-38(2)30-44(31-39(63)3)64(4,5)6)53-36-61-60(68-26-11-27-69-61)35-51(53)65(62)50-32-41(43-19-24-49-47-13-8-10-15-57(47)71-59(49)34-43)20-25-52(50)66(54)45-21-16-40(17-22-45)42-18-23-48-46-12-7-9-14-56(46)70-58(48)33-42/h7-10,12-25,28-36H,11,26-27H2,1-6H3. The molecule has 7 heteroatoms. The van der Waals surface area contributed by atoms with Gasteiger partial charge in [0.1, 0.15) is 22.3 Å². The van der Waals surface area contributed by atoms with Crippen molar-refractivity contribution in [3.8, 4) is 33.8 Å². The molecule has 344 valence electrons. The van der Waals surface area contributed by atoms with Crippen LogP contribution in [0.25, 0.3) is 66.1 Å². The number of nitrogens with zero attached hydrogens (tertiary/aromatic N) is 2. The number of furan rings is 2. The van der Waals surface area contributed by atoms with Crippen molar-refractivity contribution >= 4 is 101 Å². The van der Waals surface area contributed by atoms with E-state index in [1.54, 1.807) is 0 Å². The molecule has 9 aromatic carbocycles. The number of aryl methyl sites for hydroxylation is 3. The van der Waals surface area contributed by atoms with E-state index in [0.29, 0.717) is 13.2 Å². The summed E-state index contributed by atoms with van der Waals surface area (Å²) in [4.78, 5) is 5.02. The van der Waals surface area contributed by atoms with Crippen LogP contribution in [0.5, 0.6) is 11.5 Å². The van der Waals surface area contributed by atoms with E-state index in [1.165, 1.54) is 50.0 Å². The van der Waals surface area contributed by atoms with Crippen molar-refractivity contribution < 1.29 is 18.3 Å². The predicted octanol–water partition coefficient (Wildman–Crippen LogP) is 15.3. The van der Waals surface area contributed by atoms with Crippen LogP contribution in [0, 0.1) is 20.8 Å². The van der Waals surface area contributed by atoms with Crippen LogP contribution >= 0.6 is 0 Å². The molecule has 0 atom stereocenters. The van der Waals surface area contributed by atoms with Crippen LogP contribution < -0.4 is 35.7 Å². The second kappa shape index (κ2) is 15.4. The van der Waals surface area contributed by atoms with Crippen molar-refractivity contribution in [1.29, 1.82) is 0 Å². The maximum Gasteiger partial charge on any atom is 0.252 e. The first-order chi connectivity index (χ1) is 34.5. The van der Waals surface area contributed by atoms with Crippen LogP contribution in [0.2, 0.25) is 0 Å². The fourth-order valence-corrected chi connectivity index (χ4v) is 11.8. The van der Waals surface area contributed by atoms with E-state index >= 15 is 0 Å². The molecule has 0 spiro atoms. The van der Waals surface area contributed by atoms with E-state index in [9.17, 15) is 0 Å². The average molecular weight is 923 g/mol. The number of benzene rings is 9. The summed E-state index contributed by atoms with van der Waals surface area (Å²) in [6, 6.07) is 60.0. The molecule has 14 rings (SSSR count). The highest BCUT2D eigenvalue weighted by atomic mass is 16.5. The highest BCUT2D eigenvalue weighted by Gasteiger charge is 2.45. The van der Waals surface area contributed by atoms with Gasteiger partial charge in [0.2, 0.25) is 0 Å². The number of rotatable bonds is 4. The smallest absolute Gasteiger partial charge is 0.252 e. The van der Waals surface area contributed by atoms with Crippen LogP contribution in [0.3, 0.4) is 0 Å². The lowest BCUT2D eigenvalue weighted by molar-refractivity contribution is 0.297. The van der Waals surface area contributed by atoms with Crippen LogP contribution in [0.15, 0.2) is 173 Å². The Balaban J connectivity index is 0.999. The zero-order chi connectivity index (χ0) is 47.9. The van der Waals surface area contributed by atoms with Gasteiger partial charge in [-0.3, -0.25) is 0 Å². The highest BCUT2D eigenvalue weighted by molar-refractivity contribution is 7.00. The van der Waals surface area contributed by atoms with E-state index in [-0.39, 0.29) is 12.1 Å². The Hall–Kier alpha value is -8.16. The summed E-state index contributed by atoms with van der Waals surface area (Å²) in [5, 5.41) is 4.51. The molecule has 3 aliphatic rings. The molecule has 0 saturated heterocycles. The minimum Gasteiger partial charge on any atom is -0.490 e. The van der Waals surface area contributed by atoms with Crippen LogP contribution in [0.1, 0.15) is 49.4 Å². The topological polar surface area (TPSA) is 51.2 Å². The lowest BCUT2D eigenvalue weighted by Crippen LogP contribution is -2.61. The molecule has 0 unspecified atom stereocenters. The normalized spacial score (nSPS) is 14.0. The van der Waals surface area contributed by atoms with Gasteiger partial charge in [0.15, 0.2) is 11.5 Å². The summed E-state index contributed by atoms with van der Waals surface area (Å²) < 4.78 is 25.9. The zero-order valence-corrected chi connectivity index (χ0v) is 40.8. The van der Waals surface area contributed by atoms with E-state index in [2.05, 4.69) is 191 Å². The Labute approximate surface area is 413 Å². The number of hydrogen-bond acceptors (Lipinski definition) is 6. The third kappa shape index (κ3) is 6.48. The molecule has 0 fully saturated rings. The number of anilines is 6. The number of hydrogen-bond donors (Lipinski definition) is 0. The number of fused-ring (bicyclic) bond motifs is 11. The fourth-order valence-electron chi connectivity index (χ4n) is 11.8. The van der Waals surface area contributed by atoms with Gasteiger partial charge < -0.3 is 28.1 Å². The van der Waals surface area contributed by atoms with E-state index < -0.39 is 0 Å². The second-order valence-corrected chi connectivity index (χ2v) is 20.9. The molecule has 5 heterocycles. The van der Waals surface area contributed by atoms with Crippen molar-refractivity contribution in [2.24, 2.45) is 0 Å². The van der Waals surface area contributed by atoms with Crippen molar-refractivity contribution in [3.05, 3.63) is 186 Å².